The molecule has 1 aliphatic rings. The summed E-state index contributed by atoms with van der Waals surface area (Å²) < 4.78 is 0. The van der Waals surface area contributed by atoms with Crippen molar-refractivity contribution < 1.29 is 0 Å². The Morgan fingerprint density at radius 2 is 1.76 bits per heavy atom. The summed E-state index contributed by atoms with van der Waals surface area (Å²) in [4.78, 5) is 4.84. The van der Waals surface area contributed by atoms with Crippen LogP contribution >= 0.6 is 0 Å². The highest BCUT2D eigenvalue weighted by molar-refractivity contribution is 5.94. The lowest BCUT2D eigenvalue weighted by molar-refractivity contribution is 1.04. The van der Waals surface area contributed by atoms with Gasteiger partial charge in [-0.25, -0.2) is 0 Å². The molecular weight excluding hydrogens is 256 g/mol. The van der Waals surface area contributed by atoms with Crippen molar-refractivity contribution >= 4 is 16.6 Å². The molecule has 21 heavy (non-hydrogen) atoms. The SMILES string of the molecule is CNc1cc(C2CC2)nc2ccc(-c3ccccc3)cc12. The van der Waals surface area contributed by atoms with E-state index in [4.69, 9.17) is 4.98 Å². The van der Waals surface area contributed by atoms with Gasteiger partial charge < -0.3 is 5.32 Å². The van der Waals surface area contributed by atoms with E-state index in [1.165, 1.54) is 40.7 Å². The molecule has 0 radical (unpaired) electrons. The van der Waals surface area contributed by atoms with E-state index in [1.807, 2.05) is 13.1 Å². The summed E-state index contributed by atoms with van der Waals surface area (Å²) in [5, 5.41) is 4.53. The van der Waals surface area contributed by atoms with Crippen molar-refractivity contribution in [1.29, 1.82) is 0 Å². The van der Waals surface area contributed by atoms with Crippen molar-refractivity contribution in [2.24, 2.45) is 0 Å². The van der Waals surface area contributed by atoms with Crippen LogP contribution in [0.3, 0.4) is 0 Å². The molecule has 2 heteroatoms. The molecule has 1 heterocycles. The lowest BCUT2D eigenvalue weighted by Gasteiger charge is -2.10. The van der Waals surface area contributed by atoms with Crippen molar-refractivity contribution in [2.45, 2.75) is 18.8 Å². The fraction of sp³-hybridized carbons (Fsp3) is 0.211. The highest BCUT2D eigenvalue weighted by atomic mass is 14.8. The van der Waals surface area contributed by atoms with Gasteiger partial charge in [0.05, 0.1) is 5.52 Å². The van der Waals surface area contributed by atoms with Crippen LogP contribution in [0.2, 0.25) is 0 Å². The average Bonchev–Trinajstić information content (AvgIpc) is 3.39. The molecule has 0 unspecified atom stereocenters. The zero-order chi connectivity index (χ0) is 14.2. The Bertz CT molecular complexity index is 789. The lowest BCUT2D eigenvalue weighted by atomic mass is 10.0. The number of anilines is 1. The highest BCUT2D eigenvalue weighted by Crippen LogP contribution is 2.41. The molecule has 2 nitrogen and oxygen atoms in total. The Kier molecular flexibility index (Phi) is 2.88. The highest BCUT2D eigenvalue weighted by Gasteiger charge is 2.25. The number of benzene rings is 2. The van der Waals surface area contributed by atoms with E-state index < -0.39 is 0 Å². The van der Waals surface area contributed by atoms with Gasteiger partial charge >= 0.3 is 0 Å². The van der Waals surface area contributed by atoms with E-state index in [2.05, 4.69) is 53.8 Å². The van der Waals surface area contributed by atoms with Crippen LogP contribution in [0.1, 0.15) is 24.5 Å². The second-order valence-electron chi connectivity index (χ2n) is 5.72. The zero-order valence-electron chi connectivity index (χ0n) is 12.1. The summed E-state index contributed by atoms with van der Waals surface area (Å²) in [7, 11) is 1.99. The summed E-state index contributed by atoms with van der Waals surface area (Å²) >= 11 is 0. The number of pyridine rings is 1. The van der Waals surface area contributed by atoms with Crippen molar-refractivity contribution in [1.82, 2.24) is 4.98 Å². The number of rotatable bonds is 3. The van der Waals surface area contributed by atoms with Crippen LogP contribution < -0.4 is 5.32 Å². The van der Waals surface area contributed by atoms with E-state index in [-0.39, 0.29) is 0 Å². The van der Waals surface area contributed by atoms with Crippen LogP contribution in [0.15, 0.2) is 54.6 Å². The Hall–Kier alpha value is -2.35. The van der Waals surface area contributed by atoms with Gasteiger partial charge in [-0.1, -0.05) is 36.4 Å². The second-order valence-corrected chi connectivity index (χ2v) is 5.72. The summed E-state index contributed by atoms with van der Waals surface area (Å²) in [5.74, 6) is 0.676. The molecular formula is C19H18N2. The minimum absolute atomic E-state index is 0.676. The van der Waals surface area contributed by atoms with Gasteiger partial charge in [0.25, 0.3) is 0 Å². The maximum atomic E-state index is 4.84. The van der Waals surface area contributed by atoms with Gasteiger partial charge in [-0.15, -0.1) is 0 Å². The summed E-state index contributed by atoms with van der Waals surface area (Å²) in [6, 6.07) is 19.3. The largest absolute Gasteiger partial charge is 0.388 e. The molecule has 104 valence electrons. The normalized spacial score (nSPS) is 14.3. The number of nitrogens with one attached hydrogen (secondary N) is 1. The number of fused-ring (bicyclic) bond motifs is 1. The molecule has 0 atom stereocenters. The Morgan fingerprint density at radius 3 is 2.48 bits per heavy atom. The molecule has 1 N–H and O–H groups in total. The predicted octanol–water partition coefficient (Wildman–Crippen LogP) is 4.82. The Labute approximate surface area is 124 Å². The number of hydrogen-bond donors (Lipinski definition) is 1. The standard InChI is InChI=1S/C19H18N2/c1-20-19-12-18(14-7-8-14)21-17-10-9-15(11-16(17)19)13-5-3-2-4-6-13/h2-6,9-12,14H,7-8H2,1H3,(H,20,21). The number of aromatic nitrogens is 1. The van der Waals surface area contributed by atoms with Crippen molar-refractivity contribution in [3.63, 3.8) is 0 Å². The molecule has 3 aromatic rings. The summed E-state index contributed by atoms with van der Waals surface area (Å²) in [6.07, 6.45) is 2.56. The average molecular weight is 274 g/mol. The van der Waals surface area contributed by atoms with Gasteiger partial charge in [0, 0.05) is 29.7 Å². The quantitative estimate of drug-likeness (QED) is 0.740. The fourth-order valence-electron chi connectivity index (χ4n) is 2.85. The first-order valence-electron chi connectivity index (χ1n) is 7.53. The maximum Gasteiger partial charge on any atom is 0.0726 e. The Balaban J connectivity index is 1.89. The molecule has 1 fully saturated rings. The van der Waals surface area contributed by atoms with Gasteiger partial charge in [-0.3, -0.25) is 4.98 Å². The number of nitrogens with zero attached hydrogens (tertiary/aromatic N) is 1. The first-order valence-corrected chi connectivity index (χ1v) is 7.53. The van der Waals surface area contributed by atoms with Crippen molar-refractivity contribution in [3.8, 4) is 11.1 Å². The van der Waals surface area contributed by atoms with E-state index in [1.54, 1.807) is 0 Å². The third-order valence-corrected chi connectivity index (χ3v) is 4.20. The van der Waals surface area contributed by atoms with Crippen molar-refractivity contribution in [2.75, 3.05) is 12.4 Å². The molecule has 1 saturated carbocycles. The maximum absolute atomic E-state index is 4.84. The Morgan fingerprint density at radius 1 is 0.952 bits per heavy atom. The predicted molar refractivity (Wildman–Crippen MR) is 88.7 cm³/mol. The summed E-state index contributed by atoms with van der Waals surface area (Å²) in [6.45, 7) is 0. The van der Waals surface area contributed by atoms with Gasteiger partial charge in [0.15, 0.2) is 0 Å². The van der Waals surface area contributed by atoms with Crippen LogP contribution in [0.4, 0.5) is 5.69 Å². The molecule has 0 amide bonds. The third kappa shape index (κ3) is 2.27. The summed E-state index contributed by atoms with van der Waals surface area (Å²) in [5.41, 5.74) is 5.98. The molecule has 0 aliphatic heterocycles. The second kappa shape index (κ2) is 4.88. The topological polar surface area (TPSA) is 24.9 Å². The number of hydrogen-bond acceptors (Lipinski definition) is 2. The van der Waals surface area contributed by atoms with Crippen LogP contribution in [0.25, 0.3) is 22.0 Å². The van der Waals surface area contributed by atoms with Crippen LogP contribution in [-0.2, 0) is 0 Å². The van der Waals surface area contributed by atoms with Gasteiger partial charge in [-0.05, 0) is 42.2 Å². The van der Waals surface area contributed by atoms with Gasteiger partial charge in [-0.2, -0.15) is 0 Å². The molecule has 1 aliphatic carbocycles. The molecule has 0 saturated heterocycles. The molecule has 1 aromatic heterocycles. The molecule has 0 spiro atoms. The van der Waals surface area contributed by atoms with Gasteiger partial charge in [0.2, 0.25) is 0 Å². The van der Waals surface area contributed by atoms with E-state index in [0.29, 0.717) is 5.92 Å². The minimum atomic E-state index is 0.676. The fourth-order valence-corrected chi connectivity index (χ4v) is 2.85. The minimum Gasteiger partial charge on any atom is -0.388 e. The van der Waals surface area contributed by atoms with E-state index >= 15 is 0 Å². The lowest BCUT2D eigenvalue weighted by Crippen LogP contribution is -1.95. The van der Waals surface area contributed by atoms with E-state index in [9.17, 15) is 0 Å². The smallest absolute Gasteiger partial charge is 0.0726 e. The molecule has 2 aromatic carbocycles. The van der Waals surface area contributed by atoms with Gasteiger partial charge in [0.1, 0.15) is 0 Å². The third-order valence-electron chi connectivity index (χ3n) is 4.20. The van der Waals surface area contributed by atoms with E-state index in [0.717, 1.165) is 5.52 Å². The monoisotopic (exact) mass is 274 g/mol. The van der Waals surface area contributed by atoms with Crippen molar-refractivity contribution in [3.05, 3.63) is 60.3 Å². The van der Waals surface area contributed by atoms with Crippen LogP contribution in [-0.4, -0.2) is 12.0 Å². The molecule has 4 rings (SSSR count). The zero-order valence-corrected chi connectivity index (χ0v) is 12.1. The molecule has 0 bridgehead atoms. The first kappa shape index (κ1) is 12.4. The van der Waals surface area contributed by atoms with Crippen LogP contribution in [0.5, 0.6) is 0 Å². The van der Waals surface area contributed by atoms with Crippen LogP contribution in [0, 0.1) is 0 Å². The first-order chi connectivity index (χ1) is 10.3.